The Bertz CT molecular complexity index is 998. The predicted molar refractivity (Wildman–Crippen MR) is 106 cm³/mol. The van der Waals surface area contributed by atoms with Gasteiger partial charge in [-0.3, -0.25) is 9.59 Å². The molecule has 0 spiro atoms. The number of carbonyl (C=O) groups excluding carboxylic acids is 1. The number of pyridine rings is 1. The van der Waals surface area contributed by atoms with E-state index in [1.165, 1.54) is 6.20 Å². The Morgan fingerprint density at radius 2 is 1.79 bits per heavy atom. The van der Waals surface area contributed by atoms with E-state index in [4.69, 9.17) is 4.74 Å². The van der Waals surface area contributed by atoms with Gasteiger partial charge in [0.25, 0.3) is 5.91 Å². The van der Waals surface area contributed by atoms with E-state index < -0.39 is 11.4 Å². The highest BCUT2D eigenvalue weighted by Crippen LogP contribution is 2.38. The van der Waals surface area contributed by atoms with Crippen molar-refractivity contribution < 1.29 is 19.4 Å². The average molecular weight is 396 g/mol. The van der Waals surface area contributed by atoms with Gasteiger partial charge in [-0.2, -0.15) is 0 Å². The number of carbonyl (C=O) groups is 2. The topological polar surface area (TPSA) is 88.8 Å². The lowest BCUT2D eigenvalue weighted by Crippen LogP contribution is -2.49. The van der Waals surface area contributed by atoms with Crippen molar-refractivity contribution in [2.45, 2.75) is 50.8 Å². The SMILES string of the molecule is CN1C(=O)c2c(OCc3ccccc3)c(=O)c(C(=O)O)cn2[C@@H]2CCCCC[C@H]21. The number of aromatic carboxylic acids is 1. The molecule has 1 aliphatic heterocycles. The number of hydrogen-bond acceptors (Lipinski definition) is 4. The number of amides is 1. The molecule has 4 rings (SSSR count). The molecule has 1 N–H and O–H groups in total. The zero-order valence-electron chi connectivity index (χ0n) is 16.3. The first kappa shape index (κ1) is 19.2. The maximum atomic E-state index is 13.2. The normalized spacial score (nSPS) is 21.1. The molecule has 0 saturated heterocycles. The molecule has 2 heterocycles. The maximum absolute atomic E-state index is 13.2. The van der Waals surface area contributed by atoms with Crippen LogP contribution in [0.3, 0.4) is 0 Å². The summed E-state index contributed by atoms with van der Waals surface area (Å²) in [6, 6.07) is 9.20. The van der Waals surface area contributed by atoms with E-state index in [2.05, 4.69) is 0 Å². The van der Waals surface area contributed by atoms with Gasteiger partial charge < -0.3 is 19.3 Å². The van der Waals surface area contributed by atoms with Crippen LogP contribution in [-0.2, 0) is 6.61 Å². The van der Waals surface area contributed by atoms with Gasteiger partial charge in [0.05, 0.1) is 12.1 Å². The number of benzene rings is 1. The molecule has 7 heteroatoms. The summed E-state index contributed by atoms with van der Waals surface area (Å²) in [5, 5.41) is 9.58. The van der Waals surface area contributed by atoms with Crippen LogP contribution in [0.15, 0.2) is 41.3 Å². The standard InChI is InChI=1S/C22H24N2O5/c1-23-16-10-6-3-7-11-17(16)24-12-15(22(27)28)19(25)20(18(24)21(23)26)29-13-14-8-4-2-5-9-14/h2,4-5,8-9,12,16-17H,3,6-7,10-11,13H2,1H3,(H,27,28)/t16-,17-/m1/s1. The molecule has 1 fully saturated rings. The largest absolute Gasteiger partial charge is 0.483 e. The first-order chi connectivity index (χ1) is 14.0. The fraction of sp³-hybridized carbons (Fsp3) is 0.409. The summed E-state index contributed by atoms with van der Waals surface area (Å²) in [4.78, 5) is 39.5. The minimum absolute atomic E-state index is 0.0105. The molecular formula is C22H24N2O5. The molecule has 0 unspecified atom stereocenters. The molecule has 0 radical (unpaired) electrons. The van der Waals surface area contributed by atoms with E-state index in [0.29, 0.717) is 0 Å². The van der Waals surface area contributed by atoms with E-state index in [-0.39, 0.29) is 41.6 Å². The minimum atomic E-state index is -1.31. The molecule has 29 heavy (non-hydrogen) atoms. The van der Waals surface area contributed by atoms with E-state index in [1.807, 2.05) is 30.3 Å². The molecule has 152 valence electrons. The molecule has 1 saturated carbocycles. The molecule has 0 bridgehead atoms. The van der Waals surface area contributed by atoms with E-state index in [9.17, 15) is 19.5 Å². The van der Waals surface area contributed by atoms with Crippen LogP contribution in [-0.4, -0.2) is 39.5 Å². The van der Waals surface area contributed by atoms with Crippen LogP contribution in [0.2, 0.25) is 0 Å². The number of ether oxygens (including phenoxy) is 1. The first-order valence-corrected chi connectivity index (χ1v) is 9.95. The Balaban J connectivity index is 1.85. The van der Waals surface area contributed by atoms with Crippen molar-refractivity contribution in [1.29, 1.82) is 0 Å². The summed E-state index contributed by atoms with van der Waals surface area (Å²) < 4.78 is 7.50. The van der Waals surface area contributed by atoms with Crippen molar-refractivity contribution in [3.8, 4) is 5.75 Å². The predicted octanol–water partition coefficient (Wildman–Crippen LogP) is 3.08. The molecular weight excluding hydrogens is 372 g/mol. The summed E-state index contributed by atoms with van der Waals surface area (Å²) in [6.45, 7) is 0.0806. The molecule has 2 atom stereocenters. The smallest absolute Gasteiger partial charge is 0.341 e. The lowest BCUT2D eigenvalue weighted by molar-refractivity contribution is 0.0559. The number of nitrogens with zero attached hydrogens (tertiary/aromatic N) is 2. The highest BCUT2D eigenvalue weighted by molar-refractivity contribution is 5.98. The van der Waals surface area contributed by atoms with Crippen LogP contribution < -0.4 is 10.2 Å². The number of hydrogen-bond donors (Lipinski definition) is 1. The summed E-state index contributed by atoms with van der Waals surface area (Å²) in [5.41, 5.74) is -0.137. The van der Waals surface area contributed by atoms with Crippen molar-refractivity contribution >= 4 is 11.9 Å². The van der Waals surface area contributed by atoms with E-state index in [1.54, 1.807) is 16.5 Å². The summed E-state index contributed by atoms with van der Waals surface area (Å²) in [5.74, 6) is -1.79. The second kappa shape index (κ2) is 7.73. The second-order valence-electron chi connectivity index (χ2n) is 7.73. The summed E-state index contributed by atoms with van der Waals surface area (Å²) in [7, 11) is 1.76. The van der Waals surface area contributed by atoms with Crippen molar-refractivity contribution in [2.24, 2.45) is 0 Å². The fourth-order valence-electron chi connectivity index (χ4n) is 4.46. The van der Waals surface area contributed by atoms with E-state index >= 15 is 0 Å². The summed E-state index contributed by atoms with van der Waals surface area (Å²) in [6.07, 6.45) is 6.13. The zero-order chi connectivity index (χ0) is 20.5. The molecule has 1 aromatic heterocycles. The van der Waals surface area contributed by atoms with Crippen LogP contribution in [0, 0.1) is 0 Å². The Morgan fingerprint density at radius 1 is 1.10 bits per heavy atom. The van der Waals surface area contributed by atoms with Gasteiger partial charge in [-0.05, 0) is 18.4 Å². The quantitative estimate of drug-likeness (QED) is 0.858. The lowest BCUT2D eigenvalue weighted by atomic mass is 9.96. The van der Waals surface area contributed by atoms with Crippen molar-refractivity contribution in [2.75, 3.05) is 7.05 Å². The third-order valence-corrected chi connectivity index (χ3v) is 5.97. The molecule has 2 aromatic rings. The van der Waals surface area contributed by atoms with Crippen LogP contribution in [0.1, 0.15) is 64.6 Å². The Labute approximate surface area is 168 Å². The van der Waals surface area contributed by atoms with Gasteiger partial charge in [0, 0.05) is 13.2 Å². The third kappa shape index (κ3) is 3.41. The van der Waals surface area contributed by atoms with Gasteiger partial charge in [0.2, 0.25) is 5.43 Å². The minimum Gasteiger partial charge on any atom is -0.483 e. The Hall–Kier alpha value is -3.09. The highest BCUT2D eigenvalue weighted by Gasteiger charge is 2.41. The first-order valence-electron chi connectivity index (χ1n) is 9.95. The van der Waals surface area contributed by atoms with Gasteiger partial charge in [0.1, 0.15) is 12.2 Å². The molecule has 1 aromatic carbocycles. The van der Waals surface area contributed by atoms with E-state index in [0.717, 1.165) is 37.7 Å². The number of likely N-dealkylation sites (N-methyl/N-ethyl adjacent to an activating group) is 1. The van der Waals surface area contributed by atoms with Gasteiger partial charge in [-0.15, -0.1) is 0 Å². The van der Waals surface area contributed by atoms with Gasteiger partial charge in [-0.1, -0.05) is 49.6 Å². The molecule has 2 aliphatic rings. The van der Waals surface area contributed by atoms with Crippen molar-refractivity contribution in [1.82, 2.24) is 9.47 Å². The van der Waals surface area contributed by atoms with Crippen molar-refractivity contribution in [3.05, 3.63) is 63.6 Å². The zero-order valence-corrected chi connectivity index (χ0v) is 16.3. The Kier molecular flexibility index (Phi) is 5.13. The van der Waals surface area contributed by atoms with Crippen LogP contribution in [0.5, 0.6) is 5.75 Å². The van der Waals surface area contributed by atoms with Crippen molar-refractivity contribution in [3.63, 3.8) is 0 Å². The lowest BCUT2D eigenvalue weighted by Gasteiger charge is -2.41. The Morgan fingerprint density at radius 3 is 2.48 bits per heavy atom. The number of fused-ring (bicyclic) bond motifs is 3. The highest BCUT2D eigenvalue weighted by atomic mass is 16.5. The fourth-order valence-corrected chi connectivity index (χ4v) is 4.46. The average Bonchev–Trinajstić information content (AvgIpc) is 2.97. The summed E-state index contributed by atoms with van der Waals surface area (Å²) >= 11 is 0. The molecule has 1 amide bonds. The third-order valence-electron chi connectivity index (χ3n) is 5.97. The molecule has 1 aliphatic carbocycles. The maximum Gasteiger partial charge on any atom is 0.341 e. The number of rotatable bonds is 4. The molecule has 7 nitrogen and oxygen atoms in total. The van der Waals surface area contributed by atoms with Crippen LogP contribution in [0.25, 0.3) is 0 Å². The van der Waals surface area contributed by atoms with Gasteiger partial charge in [-0.25, -0.2) is 4.79 Å². The number of carboxylic acid groups (broad SMARTS) is 1. The van der Waals surface area contributed by atoms with Crippen LogP contribution >= 0.6 is 0 Å². The monoisotopic (exact) mass is 396 g/mol. The second-order valence-corrected chi connectivity index (χ2v) is 7.73. The number of aromatic nitrogens is 1. The number of carboxylic acids is 1. The van der Waals surface area contributed by atoms with Gasteiger partial charge >= 0.3 is 5.97 Å². The van der Waals surface area contributed by atoms with Crippen LogP contribution in [0.4, 0.5) is 0 Å². The van der Waals surface area contributed by atoms with Gasteiger partial charge in [0.15, 0.2) is 11.4 Å².